The first-order valence-corrected chi connectivity index (χ1v) is 5.61. The number of nitrogen functional groups attached to an aromatic ring is 1. The summed E-state index contributed by atoms with van der Waals surface area (Å²) in [6.45, 7) is 0. The monoisotopic (exact) mass is 198 g/mol. The van der Waals surface area contributed by atoms with Crippen molar-refractivity contribution in [2.45, 2.75) is 23.0 Å². The standard InChI is InChI=1S/C8H10N2O2S/c9-8-7(2-1-5-10-8)13(11,12)6-3-4-6/h1-2,5-6H,3-4H2,(H2,9,10). The number of aromatic nitrogens is 1. The third-order valence-electron chi connectivity index (χ3n) is 2.07. The fraction of sp³-hybridized carbons (Fsp3) is 0.375. The third kappa shape index (κ3) is 1.39. The van der Waals surface area contributed by atoms with Crippen LogP contribution in [-0.2, 0) is 9.84 Å². The predicted molar refractivity (Wildman–Crippen MR) is 48.9 cm³/mol. The Morgan fingerprint density at radius 2 is 2.15 bits per heavy atom. The van der Waals surface area contributed by atoms with Crippen LogP contribution >= 0.6 is 0 Å². The van der Waals surface area contributed by atoms with Gasteiger partial charge in [-0.15, -0.1) is 0 Å². The van der Waals surface area contributed by atoms with E-state index < -0.39 is 9.84 Å². The van der Waals surface area contributed by atoms with Crippen molar-refractivity contribution in [1.29, 1.82) is 0 Å². The van der Waals surface area contributed by atoms with E-state index in [-0.39, 0.29) is 16.0 Å². The maximum Gasteiger partial charge on any atom is 0.184 e. The first-order valence-electron chi connectivity index (χ1n) is 4.07. The molecule has 2 N–H and O–H groups in total. The third-order valence-corrected chi connectivity index (χ3v) is 4.38. The van der Waals surface area contributed by atoms with Crippen molar-refractivity contribution in [3.63, 3.8) is 0 Å². The molecule has 2 rings (SSSR count). The number of hydrogen-bond donors (Lipinski definition) is 1. The number of pyridine rings is 1. The molecule has 0 bridgehead atoms. The average Bonchev–Trinajstić information content (AvgIpc) is 2.86. The summed E-state index contributed by atoms with van der Waals surface area (Å²) in [5.74, 6) is 0.106. The second-order valence-electron chi connectivity index (χ2n) is 3.13. The number of hydrogen-bond acceptors (Lipinski definition) is 4. The normalized spacial score (nSPS) is 17.2. The number of rotatable bonds is 2. The number of nitrogens with two attached hydrogens (primary N) is 1. The lowest BCUT2D eigenvalue weighted by Gasteiger charge is -2.03. The number of sulfone groups is 1. The molecule has 1 aliphatic carbocycles. The number of anilines is 1. The second kappa shape index (κ2) is 2.70. The van der Waals surface area contributed by atoms with Crippen LogP contribution in [0, 0.1) is 0 Å². The topological polar surface area (TPSA) is 73.0 Å². The lowest BCUT2D eigenvalue weighted by molar-refractivity contribution is 0.595. The lowest BCUT2D eigenvalue weighted by atomic mass is 10.5. The van der Waals surface area contributed by atoms with Crippen molar-refractivity contribution >= 4 is 15.7 Å². The molecule has 0 unspecified atom stereocenters. The molecular weight excluding hydrogens is 188 g/mol. The molecule has 1 aromatic heterocycles. The first kappa shape index (κ1) is 8.50. The fourth-order valence-electron chi connectivity index (χ4n) is 1.20. The molecule has 4 nitrogen and oxygen atoms in total. The molecule has 70 valence electrons. The molecule has 0 spiro atoms. The summed E-state index contributed by atoms with van der Waals surface area (Å²) in [5.41, 5.74) is 5.48. The van der Waals surface area contributed by atoms with Gasteiger partial charge >= 0.3 is 0 Å². The van der Waals surface area contributed by atoms with E-state index in [0.717, 1.165) is 12.8 Å². The van der Waals surface area contributed by atoms with Gasteiger partial charge in [0, 0.05) is 6.20 Å². The molecule has 1 fully saturated rings. The van der Waals surface area contributed by atoms with Crippen LogP contribution in [0.15, 0.2) is 23.2 Å². The minimum atomic E-state index is -3.18. The summed E-state index contributed by atoms with van der Waals surface area (Å²) in [7, 11) is -3.18. The maximum absolute atomic E-state index is 11.7. The van der Waals surface area contributed by atoms with Gasteiger partial charge in [0.15, 0.2) is 9.84 Å². The van der Waals surface area contributed by atoms with Gasteiger partial charge in [-0.25, -0.2) is 13.4 Å². The van der Waals surface area contributed by atoms with Gasteiger partial charge in [0.1, 0.15) is 10.7 Å². The SMILES string of the molecule is Nc1ncccc1S(=O)(=O)C1CC1. The highest BCUT2D eigenvalue weighted by molar-refractivity contribution is 7.92. The van der Waals surface area contributed by atoms with Crippen molar-refractivity contribution in [2.75, 3.05) is 5.73 Å². The van der Waals surface area contributed by atoms with Crippen molar-refractivity contribution in [3.05, 3.63) is 18.3 Å². The van der Waals surface area contributed by atoms with E-state index in [4.69, 9.17) is 5.73 Å². The first-order chi connectivity index (χ1) is 6.12. The van der Waals surface area contributed by atoms with Gasteiger partial charge in [0.2, 0.25) is 0 Å². The molecule has 0 saturated heterocycles. The van der Waals surface area contributed by atoms with Gasteiger partial charge in [-0.3, -0.25) is 0 Å². The van der Waals surface area contributed by atoms with E-state index in [1.807, 2.05) is 0 Å². The van der Waals surface area contributed by atoms with E-state index in [9.17, 15) is 8.42 Å². The highest BCUT2D eigenvalue weighted by Crippen LogP contribution is 2.34. The molecule has 1 heterocycles. The van der Waals surface area contributed by atoms with Crippen LogP contribution in [0.25, 0.3) is 0 Å². The van der Waals surface area contributed by atoms with Crippen LogP contribution in [0.4, 0.5) is 5.82 Å². The van der Waals surface area contributed by atoms with Crippen molar-refractivity contribution in [2.24, 2.45) is 0 Å². The van der Waals surface area contributed by atoms with Crippen LogP contribution in [-0.4, -0.2) is 18.7 Å². The molecule has 1 saturated carbocycles. The van der Waals surface area contributed by atoms with Crippen molar-refractivity contribution in [3.8, 4) is 0 Å². The van der Waals surface area contributed by atoms with Crippen molar-refractivity contribution in [1.82, 2.24) is 4.98 Å². The van der Waals surface area contributed by atoms with Gasteiger partial charge in [-0.1, -0.05) is 0 Å². The van der Waals surface area contributed by atoms with E-state index >= 15 is 0 Å². The van der Waals surface area contributed by atoms with Crippen LogP contribution in [0.2, 0.25) is 0 Å². The van der Waals surface area contributed by atoms with Gasteiger partial charge in [0.05, 0.1) is 5.25 Å². The highest BCUT2D eigenvalue weighted by Gasteiger charge is 2.38. The van der Waals surface area contributed by atoms with E-state index in [2.05, 4.69) is 4.98 Å². The molecule has 1 aliphatic rings. The Morgan fingerprint density at radius 1 is 1.46 bits per heavy atom. The van der Waals surface area contributed by atoms with Crippen LogP contribution < -0.4 is 5.73 Å². The summed E-state index contributed by atoms with van der Waals surface area (Å²) in [4.78, 5) is 3.93. The Labute approximate surface area is 76.7 Å². The molecular formula is C8H10N2O2S. The summed E-state index contributed by atoms with van der Waals surface area (Å²) < 4.78 is 23.4. The minimum Gasteiger partial charge on any atom is -0.383 e. The smallest absolute Gasteiger partial charge is 0.184 e. The summed E-state index contributed by atoms with van der Waals surface area (Å²) >= 11 is 0. The zero-order chi connectivity index (χ0) is 9.47. The average molecular weight is 198 g/mol. The second-order valence-corrected chi connectivity index (χ2v) is 5.33. The largest absolute Gasteiger partial charge is 0.383 e. The van der Waals surface area contributed by atoms with Gasteiger partial charge in [-0.05, 0) is 25.0 Å². The Bertz CT molecular complexity index is 424. The fourth-order valence-corrected chi connectivity index (χ4v) is 2.93. The Kier molecular flexibility index (Phi) is 1.76. The Balaban J connectivity index is 2.51. The molecule has 13 heavy (non-hydrogen) atoms. The van der Waals surface area contributed by atoms with Gasteiger partial charge in [0.25, 0.3) is 0 Å². The maximum atomic E-state index is 11.7. The molecule has 0 aliphatic heterocycles. The molecule has 0 aromatic carbocycles. The molecule has 0 atom stereocenters. The molecule has 5 heteroatoms. The lowest BCUT2D eigenvalue weighted by Crippen LogP contribution is -2.10. The molecule has 0 radical (unpaired) electrons. The van der Waals surface area contributed by atoms with Gasteiger partial charge in [-0.2, -0.15) is 0 Å². The van der Waals surface area contributed by atoms with Crippen LogP contribution in [0.3, 0.4) is 0 Å². The number of nitrogens with zero attached hydrogens (tertiary/aromatic N) is 1. The molecule has 1 aromatic rings. The van der Waals surface area contributed by atoms with E-state index in [1.54, 1.807) is 6.07 Å². The predicted octanol–water partition coefficient (Wildman–Crippen LogP) is 0.600. The van der Waals surface area contributed by atoms with Crippen molar-refractivity contribution < 1.29 is 8.42 Å². The van der Waals surface area contributed by atoms with Crippen LogP contribution in [0.1, 0.15) is 12.8 Å². The minimum absolute atomic E-state index is 0.106. The molecule has 0 amide bonds. The van der Waals surface area contributed by atoms with Crippen LogP contribution in [0.5, 0.6) is 0 Å². The van der Waals surface area contributed by atoms with E-state index in [0.29, 0.717) is 0 Å². The Morgan fingerprint density at radius 3 is 2.69 bits per heavy atom. The zero-order valence-electron chi connectivity index (χ0n) is 6.97. The van der Waals surface area contributed by atoms with E-state index in [1.165, 1.54) is 12.3 Å². The quantitative estimate of drug-likeness (QED) is 0.755. The summed E-state index contributed by atoms with van der Waals surface area (Å²) in [5, 5.41) is -0.223. The van der Waals surface area contributed by atoms with Gasteiger partial charge < -0.3 is 5.73 Å². The highest BCUT2D eigenvalue weighted by atomic mass is 32.2. The summed E-state index contributed by atoms with van der Waals surface area (Å²) in [6, 6.07) is 3.10. The zero-order valence-corrected chi connectivity index (χ0v) is 7.79. The summed E-state index contributed by atoms with van der Waals surface area (Å²) in [6.07, 6.45) is 2.98. The Hall–Kier alpha value is -1.10.